The molecular weight excluding hydrogens is 349 g/mol. The molecule has 1 saturated heterocycles. The van der Waals surface area contributed by atoms with Crippen LogP contribution in [0.15, 0.2) is 28.5 Å². The minimum Gasteiger partial charge on any atom is -0.295 e. The third-order valence-electron chi connectivity index (χ3n) is 4.15. The molecule has 0 amide bonds. The number of hydrogen-bond donors (Lipinski definition) is 0. The SMILES string of the molecule is Cc1nc(CN2CCN(S(=O)(=O)c3ccc(F)c(C)c3)CC2)cs1. The Morgan fingerprint density at radius 1 is 1.21 bits per heavy atom. The van der Waals surface area contributed by atoms with E-state index in [1.807, 2.05) is 12.3 Å². The number of thiazole rings is 1. The Morgan fingerprint density at radius 2 is 1.92 bits per heavy atom. The van der Waals surface area contributed by atoms with Crippen molar-refractivity contribution < 1.29 is 12.8 Å². The molecule has 1 aromatic carbocycles. The quantitative estimate of drug-likeness (QED) is 0.831. The van der Waals surface area contributed by atoms with E-state index in [0.29, 0.717) is 31.7 Å². The van der Waals surface area contributed by atoms with Gasteiger partial charge in [0.05, 0.1) is 15.6 Å². The highest BCUT2D eigenvalue weighted by molar-refractivity contribution is 7.89. The maximum absolute atomic E-state index is 13.4. The summed E-state index contributed by atoms with van der Waals surface area (Å²) in [5.74, 6) is -0.391. The van der Waals surface area contributed by atoms with Gasteiger partial charge in [-0.15, -0.1) is 11.3 Å². The van der Waals surface area contributed by atoms with Crippen molar-refractivity contribution in [2.75, 3.05) is 26.2 Å². The van der Waals surface area contributed by atoms with E-state index in [4.69, 9.17) is 0 Å². The van der Waals surface area contributed by atoms with Crippen LogP contribution in [0.25, 0.3) is 0 Å². The molecule has 1 aromatic heterocycles. The van der Waals surface area contributed by atoms with Crippen molar-refractivity contribution in [2.24, 2.45) is 0 Å². The number of rotatable bonds is 4. The topological polar surface area (TPSA) is 53.5 Å². The fourth-order valence-corrected chi connectivity index (χ4v) is 4.88. The summed E-state index contributed by atoms with van der Waals surface area (Å²) in [6.45, 7) is 6.48. The predicted molar refractivity (Wildman–Crippen MR) is 92.0 cm³/mol. The van der Waals surface area contributed by atoms with E-state index in [1.165, 1.54) is 22.5 Å². The molecule has 0 spiro atoms. The van der Waals surface area contributed by atoms with Crippen LogP contribution < -0.4 is 0 Å². The van der Waals surface area contributed by atoms with Gasteiger partial charge in [-0.2, -0.15) is 4.31 Å². The molecule has 0 bridgehead atoms. The molecule has 3 rings (SSSR count). The van der Waals surface area contributed by atoms with Gasteiger partial charge < -0.3 is 0 Å². The van der Waals surface area contributed by atoms with Gasteiger partial charge in [0, 0.05) is 38.1 Å². The van der Waals surface area contributed by atoms with Gasteiger partial charge in [0.2, 0.25) is 10.0 Å². The Morgan fingerprint density at radius 3 is 2.50 bits per heavy atom. The summed E-state index contributed by atoms with van der Waals surface area (Å²) in [4.78, 5) is 6.81. The molecule has 0 radical (unpaired) electrons. The minimum atomic E-state index is -3.57. The van der Waals surface area contributed by atoms with Crippen molar-refractivity contribution in [3.05, 3.63) is 45.7 Å². The van der Waals surface area contributed by atoms with E-state index >= 15 is 0 Å². The first kappa shape index (κ1) is 17.5. The van der Waals surface area contributed by atoms with E-state index in [2.05, 4.69) is 9.88 Å². The van der Waals surface area contributed by atoms with Crippen LogP contribution in [-0.2, 0) is 16.6 Å². The number of benzene rings is 1. The van der Waals surface area contributed by atoms with Crippen LogP contribution in [0.5, 0.6) is 0 Å². The molecule has 0 saturated carbocycles. The Balaban J connectivity index is 1.65. The molecule has 0 aliphatic carbocycles. The number of hydrogen-bond acceptors (Lipinski definition) is 5. The minimum absolute atomic E-state index is 0.157. The van der Waals surface area contributed by atoms with Crippen molar-refractivity contribution in [1.29, 1.82) is 0 Å². The number of halogens is 1. The lowest BCUT2D eigenvalue weighted by Crippen LogP contribution is -2.48. The van der Waals surface area contributed by atoms with Gasteiger partial charge in [0.15, 0.2) is 0 Å². The average Bonchev–Trinajstić information content (AvgIpc) is 2.95. The average molecular weight is 369 g/mol. The van der Waals surface area contributed by atoms with Crippen molar-refractivity contribution >= 4 is 21.4 Å². The van der Waals surface area contributed by atoms with Crippen LogP contribution >= 0.6 is 11.3 Å². The second-order valence-corrected chi connectivity index (χ2v) is 8.95. The van der Waals surface area contributed by atoms with Crippen molar-refractivity contribution in [1.82, 2.24) is 14.2 Å². The summed E-state index contributed by atoms with van der Waals surface area (Å²) in [5.41, 5.74) is 1.37. The third kappa shape index (κ3) is 3.66. The normalized spacial score (nSPS) is 17.3. The van der Waals surface area contributed by atoms with Gasteiger partial charge in [-0.25, -0.2) is 17.8 Å². The Labute approximate surface area is 145 Å². The molecule has 0 atom stereocenters. The number of aryl methyl sites for hydroxylation is 2. The Kier molecular flexibility index (Phi) is 5.00. The van der Waals surface area contributed by atoms with E-state index in [0.717, 1.165) is 17.2 Å². The first-order valence-corrected chi connectivity index (χ1v) is 10.1. The van der Waals surface area contributed by atoms with E-state index in [-0.39, 0.29) is 4.90 Å². The molecule has 1 aliphatic heterocycles. The zero-order valence-electron chi connectivity index (χ0n) is 13.7. The van der Waals surface area contributed by atoms with Crippen LogP contribution in [0.4, 0.5) is 4.39 Å². The van der Waals surface area contributed by atoms with E-state index in [1.54, 1.807) is 18.3 Å². The fraction of sp³-hybridized carbons (Fsp3) is 0.438. The molecule has 2 heterocycles. The smallest absolute Gasteiger partial charge is 0.243 e. The number of nitrogens with zero attached hydrogens (tertiary/aromatic N) is 3. The maximum Gasteiger partial charge on any atom is 0.243 e. The van der Waals surface area contributed by atoms with Gasteiger partial charge in [-0.05, 0) is 37.6 Å². The fourth-order valence-electron chi connectivity index (χ4n) is 2.76. The van der Waals surface area contributed by atoms with Crippen LogP contribution in [0, 0.1) is 19.7 Å². The zero-order chi connectivity index (χ0) is 17.3. The zero-order valence-corrected chi connectivity index (χ0v) is 15.3. The van der Waals surface area contributed by atoms with Crippen LogP contribution in [-0.4, -0.2) is 48.8 Å². The Hall–Kier alpha value is -1.35. The Bertz CT molecular complexity index is 828. The maximum atomic E-state index is 13.4. The number of sulfonamides is 1. The number of aromatic nitrogens is 1. The molecule has 2 aromatic rings. The van der Waals surface area contributed by atoms with Gasteiger partial charge in [-0.3, -0.25) is 4.90 Å². The molecule has 5 nitrogen and oxygen atoms in total. The summed E-state index contributed by atoms with van der Waals surface area (Å²) in [5, 5.41) is 3.08. The predicted octanol–water partition coefficient (Wildman–Crippen LogP) is 2.41. The lowest BCUT2D eigenvalue weighted by molar-refractivity contribution is 0.180. The van der Waals surface area contributed by atoms with Crippen molar-refractivity contribution in [3.8, 4) is 0 Å². The summed E-state index contributed by atoms with van der Waals surface area (Å²) >= 11 is 1.62. The molecule has 0 unspecified atom stereocenters. The highest BCUT2D eigenvalue weighted by atomic mass is 32.2. The lowest BCUT2D eigenvalue weighted by atomic mass is 10.2. The molecule has 0 N–H and O–H groups in total. The largest absolute Gasteiger partial charge is 0.295 e. The lowest BCUT2D eigenvalue weighted by Gasteiger charge is -2.33. The monoisotopic (exact) mass is 369 g/mol. The second-order valence-electron chi connectivity index (χ2n) is 5.95. The summed E-state index contributed by atoms with van der Waals surface area (Å²) < 4.78 is 40.2. The standard InChI is InChI=1S/C16H20FN3O2S2/c1-12-9-15(3-4-16(12)17)24(21,22)20-7-5-19(6-8-20)10-14-11-23-13(2)18-14/h3-4,9,11H,5-8,10H2,1-2H3. The van der Waals surface area contributed by atoms with Gasteiger partial charge in [0.1, 0.15) is 5.82 Å². The first-order valence-electron chi connectivity index (χ1n) is 7.76. The van der Waals surface area contributed by atoms with Crippen LogP contribution in [0.2, 0.25) is 0 Å². The third-order valence-corrected chi connectivity index (χ3v) is 6.87. The summed E-state index contributed by atoms with van der Waals surface area (Å²) in [7, 11) is -3.57. The summed E-state index contributed by atoms with van der Waals surface area (Å²) in [6, 6.07) is 3.94. The van der Waals surface area contributed by atoms with Crippen LogP contribution in [0.3, 0.4) is 0 Å². The molecule has 1 aliphatic rings. The molecule has 8 heteroatoms. The van der Waals surface area contributed by atoms with Crippen molar-refractivity contribution in [3.63, 3.8) is 0 Å². The molecule has 1 fully saturated rings. The molecule has 24 heavy (non-hydrogen) atoms. The first-order chi connectivity index (χ1) is 11.4. The van der Waals surface area contributed by atoms with Gasteiger partial charge >= 0.3 is 0 Å². The highest BCUT2D eigenvalue weighted by Crippen LogP contribution is 2.21. The van der Waals surface area contributed by atoms with E-state index in [9.17, 15) is 12.8 Å². The highest BCUT2D eigenvalue weighted by Gasteiger charge is 2.29. The second kappa shape index (κ2) is 6.87. The van der Waals surface area contributed by atoms with Crippen LogP contribution in [0.1, 0.15) is 16.3 Å². The molecule has 130 valence electrons. The van der Waals surface area contributed by atoms with E-state index < -0.39 is 15.8 Å². The van der Waals surface area contributed by atoms with Gasteiger partial charge in [0.25, 0.3) is 0 Å². The molecular formula is C16H20FN3O2S2. The van der Waals surface area contributed by atoms with Gasteiger partial charge in [-0.1, -0.05) is 0 Å². The van der Waals surface area contributed by atoms with Crippen molar-refractivity contribution in [2.45, 2.75) is 25.3 Å². The summed E-state index contributed by atoms with van der Waals surface area (Å²) in [6.07, 6.45) is 0. The number of piperazine rings is 1.